The van der Waals surface area contributed by atoms with E-state index >= 15 is 0 Å². The lowest BCUT2D eigenvalue weighted by molar-refractivity contribution is 0.195. The van der Waals surface area contributed by atoms with E-state index in [0.717, 1.165) is 83.6 Å². The summed E-state index contributed by atoms with van der Waals surface area (Å²) in [5.74, 6) is 0. The smallest absolute Gasteiger partial charge is 0.248 e. The molecule has 0 spiro atoms. The number of para-hydroxylation sites is 4. The maximum Gasteiger partial charge on any atom is 0.248 e. The van der Waals surface area contributed by atoms with Gasteiger partial charge in [0.2, 0.25) is 6.71 Å². The highest BCUT2D eigenvalue weighted by Gasteiger charge is 2.58. The second-order valence-electron chi connectivity index (χ2n) is 18.7. The standard InChI is InChI=1S/C56H39BN2O3/c1-55-23-11-12-24-56(55,2)59(45-17-7-6-16-42(45)55)33-26-41-37-28-39-35-14-4-9-19-49(35)61-52(39)30-43(37)57-44-31-53-40(36-15-5-10-20-50(36)62-53)29-46(44)58(47(27-33)54(41)57)32-21-22-51-38(25-32)34-13-3-8-18-48(34)60-51/h3-10,13-22,25-31H,11-12,23-24H2,1-2H3. The van der Waals surface area contributed by atoms with Gasteiger partial charge in [-0.2, -0.15) is 0 Å². The summed E-state index contributed by atoms with van der Waals surface area (Å²) in [4.78, 5) is 5.29. The zero-order valence-corrected chi connectivity index (χ0v) is 34.5. The molecule has 1 fully saturated rings. The molecule has 3 aliphatic heterocycles. The predicted molar refractivity (Wildman–Crippen MR) is 256 cm³/mol. The lowest BCUT2D eigenvalue weighted by Gasteiger charge is -2.50. The number of nitrogens with zero attached hydrogens (tertiary/aromatic N) is 2. The molecular formula is C56H39BN2O3. The Labute approximate surface area is 357 Å². The summed E-state index contributed by atoms with van der Waals surface area (Å²) in [6.07, 6.45) is 4.78. The van der Waals surface area contributed by atoms with Gasteiger partial charge in [-0.25, -0.2) is 0 Å². The molecule has 8 aromatic carbocycles. The highest BCUT2D eigenvalue weighted by atomic mass is 16.3. The Balaban J connectivity index is 1.08. The molecule has 2 atom stereocenters. The van der Waals surface area contributed by atoms with E-state index in [1.165, 1.54) is 69.4 Å². The molecule has 0 amide bonds. The number of hydrogen-bond donors (Lipinski definition) is 0. The van der Waals surface area contributed by atoms with Gasteiger partial charge < -0.3 is 23.1 Å². The zero-order valence-electron chi connectivity index (χ0n) is 34.5. The van der Waals surface area contributed by atoms with E-state index in [1.807, 2.05) is 6.07 Å². The molecule has 11 aromatic rings. The normalized spacial score (nSPS) is 19.9. The van der Waals surface area contributed by atoms with Gasteiger partial charge in [0, 0.05) is 66.2 Å². The molecule has 62 heavy (non-hydrogen) atoms. The molecule has 15 rings (SSSR count). The number of rotatable bonds is 2. The van der Waals surface area contributed by atoms with E-state index in [2.05, 4.69) is 169 Å². The van der Waals surface area contributed by atoms with Crippen molar-refractivity contribution < 1.29 is 13.3 Å². The molecule has 6 heterocycles. The molecule has 6 heteroatoms. The molecule has 0 N–H and O–H groups in total. The van der Waals surface area contributed by atoms with E-state index in [1.54, 1.807) is 0 Å². The third kappa shape index (κ3) is 4.02. The minimum atomic E-state index is -0.102. The monoisotopic (exact) mass is 798 g/mol. The second kappa shape index (κ2) is 11.4. The average Bonchev–Trinajstić information content (AvgIpc) is 4.08. The summed E-state index contributed by atoms with van der Waals surface area (Å²) >= 11 is 0. The zero-order chi connectivity index (χ0) is 40.6. The van der Waals surface area contributed by atoms with Crippen LogP contribution in [-0.2, 0) is 5.41 Å². The first-order valence-electron chi connectivity index (χ1n) is 22.2. The van der Waals surface area contributed by atoms with E-state index in [4.69, 9.17) is 13.3 Å². The van der Waals surface area contributed by atoms with Crippen LogP contribution in [0.2, 0.25) is 0 Å². The topological polar surface area (TPSA) is 45.9 Å². The van der Waals surface area contributed by atoms with E-state index in [0.29, 0.717) is 0 Å². The summed E-state index contributed by atoms with van der Waals surface area (Å²) in [7, 11) is 0. The fourth-order valence-electron chi connectivity index (χ4n) is 12.8. The van der Waals surface area contributed by atoms with Crippen molar-refractivity contribution in [1.82, 2.24) is 0 Å². The Hall–Kier alpha value is -7.18. The average molecular weight is 799 g/mol. The number of benzene rings is 8. The van der Waals surface area contributed by atoms with Crippen LogP contribution in [0.25, 0.3) is 76.9 Å². The molecule has 0 bridgehead atoms. The van der Waals surface area contributed by atoms with Crippen molar-refractivity contribution in [2.45, 2.75) is 50.5 Å². The van der Waals surface area contributed by atoms with Crippen LogP contribution in [0.4, 0.5) is 28.4 Å². The van der Waals surface area contributed by atoms with Crippen LogP contribution in [0.3, 0.4) is 0 Å². The van der Waals surface area contributed by atoms with Gasteiger partial charge in [-0.3, -0.25) is 0 Å². The molecule has 5 nitrogen and oxygen atoms in total. The van der Waals surface area contributed by atoms with Crippen LogP contribution >= 0.6 is 0 Å². The fraction of sp³-hybridized carbons (Fsp3) is 0.143. The molecule has 294 valence electrons. The molecule has 0 saturated heterocycles. The van der Waals surface area contributed by atoms with Gasteiger partial charge in [0.15, 0.2) is 0 Å². The molecule has 4 aliphatic rings. The second-order valence-corrected chi connectivity index (χ2v) is 18.7. The molecule has 0 radical (unpaired) electrons. The van der Waals surface area contributed by atoms with Crippen LogP contribution in [0.1, 0.15) is 45.1 Å². The van der Waals surface area contributed by atoms with Crippen LogP contribution in [-0.4, -0.2) is 12.3 Å². The molecule has 1 saturated carbocycles. The first-order chi connectivity index (χ1) is 30.4. The van der Waals surface area contributed by atoms with Gasteiger partial charge in [0.1, 0.15) is 33.5 Å². The van der Waals surface area contributed by atoms with Gasteiger partial charge in [0.25, 0.3) is 0 Å². The van der Waals surface area contributed by atoms with E-state index < -0.39 is 0 Å². The third-order valence-electron chi connectivity index (χ3n) is 15.8. The summed E-state index contributed by atoms with van der Waals surface area (Å²) < 4.78 is 19.8. The Morgan fingerprint density at radius 3 is 1.79 bits per heavy atom. The van der Waals surface area contributed by atoms with Crippen LogP contribution in [0, 0.1) is 0 Å². The highest BCUT2D eigenvalue weighted by Crippen LogP contribution is 2.61. The van der Waals surface area contributed by atoms with Gasteiger partial charge in [-0.1, -0.05) is 98.0 Å². The van der Waals surface area contributed by atoms with Gasteiger partial charge in [-0.05, 0) is 126 Å². The summed E-state index contributed by atoms with van der Waals surface area (Å²) in [6.45, 7) is 5.03. The van der Waals surface area contributed by atoms with E-state index in [-0.39, 0.29) is 17.7 Å². The SMILES string of the molecule is CC12CCCCC1(C)N(c1cc3c4c(c1)N(c1ccc5oc6ccccc6c5c1)c1cc5c(cc1B4c1cc4oc6ccccc6c4cc1-3)oc1ccccc15)c1ccccc12. The number of hydrogen-bond acceptors (Lipinski definition) is 5. The van der Waals surface area contributed by atoms with Crippen LogP contribution in [0.15, 0.2) is 165 Å². The van der Waals surface area contributed by atoms with Crippen molar-refractivity contribution >= 4 is 117 Å². The Kier molecular flexibility index (Phi) is 6.16. The molecule has 1 aliphatic carbocycles. The lowest BCUT2D eigenvalue weighted by atomic mass is 9.37. The summed E-state index contributed by atoms with van der Waals surface area (Å²) in [5.41, 5.74) is 19.2. The number of fused-ring (bicyclic) bond motifs is 17. The van der Waals surface area contributed by atoms with Crippen molar-refractivity contribution in [2.24, 2.45) is 0 Å². The van der Waals surface area contributed by atoms with Crippen molar-refractivity contribution in [3.05, 3.63) is 157 Å². The predicted octanol–water partition coefficient (Wildman–Crippen LogP) is 13.4. The first kappa shape index (κ1) is 33.5. The van der Waals surface area contributed by atoms with E-state index in [9.17, 15) is 0 Å². The van der Waals surface area contributed by atoms with Crippen LogP contribution in [0.5, 0.6) is 0 Å². The number of anilines is 5. The van der Waals surface area contributed by atoms with Gasteiger partial charge in [-0.15, -0.1) is 0 Å². The van der Waals surface area contributed by atoms with Crippen molar-refractivity contribution in [3.63, 3.8) is 0 Å². The summed E-state index contributed by atoms with van der Waals surface area (Å²) in [5, 5.41) is 6.76. The molecule has 2 unspecified atom stereocenters. The first-order valence-corrected chi connectivity index (χ1v) is 22.2. The minimum absolute atomic E-state index is 0.0218. The van der Waals surface area contributed by atoms with Crippen molar-refractivity contribution in [2.75, 3.05) is 9.80 Å². The highest BCUT2D eigenvalue weighted by molar-refractivity contribution is 7.01. The van der Waals surface area contributed by atoms with Gasteiger partial charge in [0.05, 0.1) is 5.54 Å². The van der Waals surface area contributed by atoms with Crippen molar-refractivity contribution in [3.8, 4) is 11.1 Å². The minimum Gasteiger partial charge on any atom is -0.456 e. The molecular weight excluding hydrogens is 759 g/mol. The Morgan fingerprint density at radius 2 is 1.05 bits per heavy atom. The van der Waals surface area contributed by atoms with Crippen molar-refractivity contribution in [1.29, 1.82) is 0 Å². The Morgan fingerprint density at radius 1 is 0.452 bits per heavy atom. The van der Waals surface area contributed by atoms with Gasteiger partial charge >= 0.3 is 0 Å². The Bertz CT molecular complexity index is 3800. The maximum absolute atomic E-state index is 6.69. The quantitative estimate of drug-likeness (QED) is 0.163. The largest absolute Gasteiger partial charge is 0.456 e. The lowest BCUT2D eigenvalue weighted by Crippen LogP contribution is -2.55. The van der Waals surface area contributed by atoms with Crippen LogP contribution < -0.4 is 26.2 Å². The number of furan rings is 3. The molecule has 3 aromatic heterocycles. The third-order valence-corrected chi connectivity index (χ3v) is 15.8. The summed E-state index contributed by atoms with van der Waals surface area (Å²) in [6, 6.07) is 55.8. The fourth-order valence-corrected chi connectivity index (χ4v) is 12.8. The maximum atomic E-state index is 6.69.